The summed E-state index contributed by atoms with van der Waals surface area (Å²) in [6.45, 7) is 0. The van der Waals surface area contributed by atoms with Crippen molar-refractivity contribution in [2.45, 2.75) is 18.7 Å². The Kier molecular flexibility index (Phi) is 4.61. The molecule has 1 aromatic heterocycles. The lowest BCUT2D eigenvalue weighted by Crippen LogP contribution is -2.07. The third-order valence-corrected chi connectivity index (χ3v) is 2.30. The first-order chi connectivity index (χ1) is 7.58. The van der Waals surface area contributed by atoms with E-state index >= 15 is 0 Å². The largest absolute Gasteiger partial charge is 0.469 e. The summed E-state index contributed by atoms with van der Waals surface area (Å²) in [6, 6.07) is 1.39. The molecule has 3 nitrogen and oxygen atoms in total. The predicted molar refractivity (Wildman–Crippen MR) is 54.5 cm³/mol. The number of methoxy groups -OCH3 is 1. The molecule has 6 heteroatoms. The topological polar surface area (TPSA) is 39.2 Å². The molecule has 16 heavy (non-hydrogen) atoms. The van der Waals surface area contributed by atoms with Crippen LogP contribution in [-0.4, -0.2) is 18.1 Å². The van der Waals surface area contributed by atoms with E-state index in [9.17, 15) is 13.6 Å². The smallest absolute Gasteiger partial charge is 0.311 e. The fourth-order valence-electron chi connectivity index (χ4n) is 1.19. The van der Waals surface area contributed by atoms with Gasteiger partial charge in [0.25, 0.3) is 6.43 Å². The molecule has 0 radical (unpaired) electrons. The molecule has 1 aromatic rings. The van der Waals surface area contributed by atoms with E-state index in [2.05, 4.69) is 9.72 Å². The Hall–Kier alpha value is -1.23. The second kappa shape index (κ2) is 5.75. The van der Waals surface area contributed by atoms with E-state index in [-0.39, 0.29) is 23.4 Å². The number of carbonyl (C=O) groups excluding carboxylic acids is 1. The second-order valence-electron chi connectivity index (χ2n) is 3.06. The highest BCUT2D eigenvalue weighted by Crippen LogP contribution is 2.24. The maximum Gasteiger partial charge on any atom is 0.311 e. The van der Waals surface area contributed by atoms with E-state index < -0.39 is 12.4 Å². The number of hydrogen-bond acceptors (Lipinski definition) is 3. The summed E-state index contributed by atoms with van der Waals surface area (Å²) in [7, 11) is 1.25. The molecule has 0 aliphatic heterocycles. The normalized spacial score (nSPS) is 10.6. The van der Waals surface area contributed by atoms with E-state index in [1.165, 1.54) is 13.2 Å². The number of hydrogen-bond donors (Lipinski definition) is 0. The Morgan fingerprint density at radius 1 is 1.62 bits per heavy atom. The Labute approximate surface area is 96.4 Å². The lowest BCUT2D eigenvalue weighted by atomic mass is 10.1. The van der Waals surface area contributed by atoms with Crippen LogP contribution in [0.15, 0.2) is 12.3 Å². The molecular formula is C10H10ClF2NO2. The Morgan fingerprint density at radius 3 is 2.81 bits per heavy atom. The van der Waals surface area contributed by atoms with Gasteiger partial charge in [-0.05, 0) is 11.6 Å². The van der Waals surface area contributed by atoms with Gasteiger partial charge in [-0.2, -0.15) is 0 Å². The van der Waals surface area contributed by atoms with Crippen molar-refractivity contribution in [1.82, 2.24) is 4.98 Å². The predicted octanol–water partition coefficient (Wildman–Crippen LogP) is 2.47. The summed E-state index contributed by atoms with van der Waals surface area (Å²) in [4.78, 5) is 14.7. The van der Waals surface area contributed by atoms with Gasteiger partial charge in [0.2, 0.25) is 0 Å². The number of nitrogens with zero attached hydrogens (tertiary/aromatic N) is 1. The van der Waals surface area contributed by atoms with Gasteiger partial charge in [-0.25, -0.2) is 8.78 Å². The van der Waals surface area contributed by atoms with Crippen LogP contribution in [-0.2, 0) is 21.8 Å². The molecule has 0 amide bonds. The fraction of sp³-hybridized carbons (Fsp3) is 0.400. The quantitative estimate of drug-likeness (QED) is 0.608. The van der Waals surface area contributed by atoms with Gasteiger partial charge in [-0.1, -0.05) is 0 Å². The second-order valence-corrected chi connectivity index (χ2v) is 3.33. The highest BCUT2D eigenvalue weighted by atomic mass is 35.5. The van der Waals surface area contributed by atoms with E-state index in [4.69, 9.17) is 11.6 Å². The van der Waals surface area contributed by atoms with Crippen LogP contribution < -0.4 is 0 Å². The Bertz CT molecular complexity index is 385. The van der Waals surface area contributed by atoms with Gasteiger partial charge >= 0.3 is 5.97 Å². The maximum absolute atomic E-state index is 12.5. The fourth-order valence-corrected chi connectivity index (χ4v) is 1.42. The van der Waals surface area contributed by atoms with Gasteiger partial charge in [-0.3, -0.25) is 9.78 Å². The molecule has 0 spiro atoms. The third-order valence-electron chi connectivity index (χ3n) is 2.01. The van der Waals surface area contributed by atoms with Crippen molar-refractivity contribution in [3.8, 4) is 0 Å². The molecule has 0 aliphatic rings. The molecule has 0 fully saturated rings. The molecule has 1 heterocycles. The first kappa shape index (κ1) is 12.8. The minimum absolute atomic E-state index is 0.0453. The van der Waals surface area contributed by atoms with Crippen LogP contribution in [0.3, 0.4) is 0 Å². The molecule has 88 valence electrons. The first-order valence-corrected chi connectivity index (χ1v) is 5.00. The van der Waals surface area contributed by atoms with Gasteiger partial charge in [0.1, 0.15) is 0 Å². The standard InChI is InChI=1S/C10H10ClF2NO2/c1-16-9(15)3-7-2-6(4-11)8(5-14-7)10(12)13/h2,5,10H,3-4H2,1H3. The molecule has 0 atom stereocenters. The Balaban J connectivity index is 2.95. The van der Waals surface area contributed by atoms with Crippen LogP contribution in [0.5, 0.6) is 0 Å². The lowest BCUT2D eigenvalue weighted by molar-refractivity contribution is -0.139. The van der Waals surface area contributed by atoms with Gasteiger partial charge in [-0.15, -0.1) is 11.6 Å². The molecule has 1 rings (SSSR count). The monoisotopic (exact) mass is 249 g/mol. The highest BCUT2D eigenvalue weighted by Gasteiger charge is 2.14. The van der Waals surface area contributed by atoms with Crippen LogP contribution >= 0.6 is 11.6 Å². The maximum atomic E-state index is 12.5. The van der Waals surface area contributed by atoms with Crippen molar-refractivity contribution < 1.29 is 18.3 Å². The van der Waals surface area contributed by atoms with Crippen molar-refractivity contribution in [2.75, 3.05) is 7.11 Å². The highest BCUT2D eigenvalue weighted by molar-refractivity contribution is 6.17. The van der Waals surface area contributed by atoms with Crippen LogP contribution in [0.25, 0.3) is 0 Å². The first-order valence-electron chi connectivity index (χ1n) is 4.47. The summed E-state index contributed by atoms with van der Waals surface area (Å²) in [5.41, 5.74) is 0.445. The van der Waals surface area contributed by atoms with Crippen LogP contribution in [0.2, 0.25) is 0 Å². The lowest BCUT2D eigenvalue weighted by Gasteiger charge is -2.07. The van der Waals surface area contributed by atoms with Crippen molar-refractivity contribution in [3.05, 3.63) is 29.1 Å². The van der Waals surface area contributed by atoms with E-state index in [0.29, 0.717) is 5.69 Å². The molecule has 0 saturated carbocycles. The SMILES string of the molecule is COC(=O)Cc1cc(CCl)c(C(F)F)cn1. The van der Waals surface area contributed by atoms with E-state index in [1.807, 2.05) is 0 Å². The summed E-state index contributed by atoms with van der Waals surface area (Å²) in [5, 5.41) is 0. The van der Waals surface area contributed by atoms with Crippen molar-refractivity contribution in [2.24, 2.45) is 0 Å². The van der Waals surface area contributed by atoms with Crippen LogP contribution in [0.1, 0.15) is 23.2 Å². The van der Waals surface area contributed by atoms with E-state index in [1.54, 1.807) is 0 Å². The number of halogens is 3. The molecule has 0 unspecified atom stereocenters. The molecular weight excluding hydrogens is 240 g/mol. The van der Waals surface area contributed by atoms with Crippen molar-refractivity contribution in [3.63, 3.8) is 0 Å². The van der Waals surface area contributed by atoms with E-state index in [0.717, 1.165) is 6.20 Å². The average Bonchev–Trinajstić information content (AvgIpc) is 2.28. The Morgan fingerprint density at radius 2 is 2.31 bits per heavy atom. The van der Waals surface area contributed by atoms with Crippen LogP contribution in [0.4, 0.5) is 8.78 Å². The number of carbonyl (C=O) groups is 1. The minimum Gasteiger partial charge on any atom is -0.469 e. The van der Waals surface area contributed by atoms with Gasteiger partial charge in [0.05, 0.1) is 19.2 Å². The number of alkyl halides is 3. The van der Waals surface area contributed by atoms with Crippen LogP contribution in [0, 0.1) is 0 Å². The summed E-state index contributed by atoms with van der Waals surface area (Å²) in [5.74, 6) is -0.520. The third kappa shape index (κ3) is 3.13. The zero-order valence-electron chi connectivity index (χ0n) is 8.54. The molecule has 0 aromatic carbocycles. The summed E-state index contributed by atoms with van der Waals surface area (Å²) < 4.78 is 29.4. The van der Waals surface area contributed by atoms with Gasteiger partial charge in [0.15, 0.2) is 0 Å². The van der Waals surface area contributed by atoms with Gasteiger partial charge in [0, 0.05) is 17.6 Å². The summed E-state index contributed by atoms with van der Waals surface area (Å²) in [6.07, 6.45) is -1.63. The molecule has 0 bridgehead atoms. The zero-order chi connectivity index (χ0) is 12.1. The summed E-state index contributed by atoms with van der Waals surface area (Å²) >= 11 is 5.54. The molecule has 0 N–H and O–H groups in total. The number of ether oxygens (including phenoxy) is 1. The minimum atomic E-state index is -2.62. The number of pyridine rings is 1. The van der Waals surface area contributed by atoms with Gasteiger partial charge < -0.3 is 4.74 Å². The number of aromatic nitrogens is 1. The average molecular weight is 250 g/mol. The number of esters is 1. The van der Waals surface area contributed by atoms with Crippen molar-refractivity contribution in [1.29, 1.82) is 0 Å². The number of rotatable bonds is 4. The zero-order valence-corrected chi connectivity index (χ0v) is 9.30. The molecule has 0 saturated heterocycles. The molecule has 0 aliphatic carbocycles. The van der Waals surface area contributed by atoms with Crippen molar-refractivity contribution >= 4 is 17.6 Å².